The van der Waals surface area contributed by atoms with Gasteiger partial charge in [-0.3, -0.25) is 4.79 Å². The number of aromatic nitrogens is 2. The highest BCUT2D eigenvalue weighted by atomic mass is 35.5. The minimum Gasteiger partial charge on any atom is -0.481 e. The summed E-state index contributed by atoms with van der Waals surface area (Å²) in [7, 11) is 1.40. The minimum atomic E-state index is -1.35. The third kappa shape index (κ3) is 3.06. The molecule has 0 fully saturated rings. The lowest BCUT2D eigenvalue weighted by atomic mass is 10.0. The van der Waals surface area contributed by atoms with E-state index in [1.165, 1.54) is 19.2 Å². The fraction of sp³-hybridized carbons (Fsp3) is 0.118. The van der Waals surface area contributed by atoms with Crippen molar-refractivity contribution < 1.29 is 19.0 Å². The Kier molecular flexibility index (Phi) is 4.41. The molecule has 1 aromatic carbocycles. The first-order valence-corrected chi connectivity index (χ1v) is 7.55. The van der Waals surface area contributed by atoms with Crippen molar-refractivity contribution in [2.45, 2.75) is 6.42 Å². The number of nitrogens with one attached hydrogen (secondary N) is 1. The summed E-state index contributed by atoms with van der Waals surface area (Å²) in [5, 5.41) is 9.13. The standard InChI is InChI=1S/C17H12ClFN2O4/c1-25-16-9(5-8-3-2-4-12(18)13(8)19)6-10-14(22)11(17(23)24)7-20-15(10)21-16/h2-4,6-7H,5H2,1H3,(H,23,24)(H,20,21,22). The highest BCUT2D eigenvalue weighted by Gasteiger charge is 2.17. The van der Waals surface area contributed by atoms with Crippen molar-refractivity contribution in [1.29, 1.82) is 0 Å². The fourth-order valence-electron chi connectivity index (χ4n) is 2.52. The molecule has 128 valence electrons. The first kappa shape index (κ1) is 16.9. The number of aromatic carboxylic acids is 1. The van der Waals surface area contributed by atoms with Crippen molar-refractivity contribution in [2.75, 3.05) is 7.11 Å². The van der Waals surface area contributed by atoms with E-state index in [0.717, 1.165) is 6.20 Å². The molecule has 3 aromatic rings. The van der Waals surface area contributed by atoms with Crippen LogP contribution in [0.5, 0.6) is 5.88 Å². The second-order valence-corrected chi connectivity index (χ2v) is 5.69. The van der Waals surface area contributed by atoms with Gasteiger partial charge in [-0.2, -0.15) is 4.98 Å². The van der Waals surface area contributed by atoms with Crippen LogP contribution in [0.3, 0.4) is 0 Å². The quantitative estimate of drug-likeness (QED) is 0.744. The Morgan fingerprint density at radius 2 is 2.16 bits per heavy atom. The lowest BCUT2D eigenvalue weighted by Crippen LogP contribution is -2.16. The summed E-state index contributed by atoms with van der Waals surface area (Å²) >= 11 is 5.79. The molecule has 0 unspecified atom stereocenters. The molecule has 0 aliphatic carbocycles. The van der Waals surface area contributed by atoms with Gasteiger partial charge in [-0.05, 0) is 17.7 Å². The number of aromatic amines is 1. The Morgan fingerprint density at radius 1 is 1.40 bits per heavy atom. The molecule has 25 heavy (non-hydrogen) atoms. The number of hydrogen-bond acceptors (Lipinski definition) is 4. The molecule has 0 amide bonds. The number of ether oxygens (including phenoxy) is 1. The molecule has 0 radical (unpaired) electrons. The smallest absolute Gasteiger partial charge is 0.341 e. The van der Waals surface area contributed by atoms with Crippen LogP contribution < -0.4 is 10.2 Å². The van der Waals surface area contributed by atoms with Gasteiger partial charge >= 0.3 is 5.97 Å². The van der Waals surface area contributed by atoms with Crippen LogP contribution in [0.1, 0.15) is 21.5 Å². The predicted molar refractivity (Wildman–Crippen MR) is 90.1 cm³/mol. The maximum Gasteiger partial charge on any atom is 0.341 e. The molecule has 0 bridgehead atoms. The first-order valence-electron chi connectivity index (χ1n) is 7.18. The van der Waals surface area contributed by atoms with E-state index in [-0.39, 0.29) is 28.4 Å². The topological polar surface area (TPSA) is 92.3 Å². The number of hydrogen-bond donors (Lipinski definition) is 2. The Hall–Kier alpha value is -2.93. The zero-order valence-electron chi connectivity index (χ0n) is 13.0. The molecular formula is C17H12ClFN2O4. The molecule has 6 nitrogen and oxygen atoms in total. The number of methoxy groups -OCH3 is 1. The number of rotatable bonds is 4. The van der Waals surface area contributed by atoms with Crippen molar-refractivity contribution >= 4 is 28.6 Å². The van der Waals surface area contributed by atoms with Crippen molar-refractivity contribution in [3.05, 3.63) is 68.2 Å². The average molecular weight is 363 g/mol. The van der Waals surface area contributed by atoms with Crippen molar-refractivity contribution in [1.82, 2.24) is 9.97 Å². The van der Waals surface area contributed by atoms with Gasteiger partial charge in [0.25, 0.3) is 0 Å². The summed E-state index contributed by atoms with van der Waals surface area (Å²) in [4.78, 5) is 30.3. The Bertz CT molecular complexity index is 1050. The molecule has 0 atom stereocenters. The minimum absolute atomic E-state index is 0.0174. The molecule has 8 heteroatoms. The van der Waals surface area contributed by atoms with E-state index in [2.05, 4.69) is 9.97 Å². The van der Waals surface area contributed by atoms with Gasteiger partial charge in [-0.15, -0.1) is 0 Å². The highest BCUT2D eigenvalue weighted by molar-refractivity contribution is 6.30. The summed E-state index contributed by atoms with van der Waals surface area (Å²) in [6, 6.07) is 6.05. The predicted octanol–water partition coefficient (Wildman–Crippen LogP) is 3.01. The molecule has 2 N–H and O–H groups in total. The number of carbonyl (C=O) groups is 1. The Labute approximate surface area is 145 Å². The van der Waals surface area contributed by atoms with E-state index in [1.54, 1.807) is 12.1 Å². The first-order chi connectivity index (χ1) is 11.9. The number of benzene rings is 1. The number of carboxylic acids is 1. The van der Waals surface area contributed by atoms with Crippen LogP contribution in [0.25, 0.3) is 11.0 Å². The van der Waals surface area contributed by atoms with E-state index in [0.29, 0.717) is 11.1 Å². The normalized spacial score (nSPS) is 10.8. The number of pyridine rings is 2. The summed E-state index contributed by atoms with van der Waals surface area (Å²) in [5.74, 6) is -1.72. The van der Waals surface area contributed by atoms with Gasteiger partial charge in [0.1, 0.15) is 17.0 Å². The molecule has 0 saturated heterocycles. The maximum atomic E-state index is 14.1. The van der Waals surface area contributed by atoms with E-state index >= 15 is 0 Å². The highest BCUT2D eigenvalue weighted by Crippen LogP contribution is 2.26. The second kappa shape index (κ2) is 6.52. The third-order valence-corrected chi connectivity index (χ3v) is 4.03. The summed E-state index contributed by atoms with van der Waals surface area (Å²) in [6.45, 7) is 0. The molecule has 0 saturated carbocycles. The van der Waals surface area contributed by atoms with Crippen LogP contribution in [-0.4, -0.2) is 28.2 Å². The number of halogens is 2. The van der Waals surface area contributed by atoms with Gasteiger partial charge in [0.15, 0.2) is 0 Å². The molecule has 0 aliphatic rings. The SMILES string of the molecule is COc1nc2[nH]cc(C(=O)O)c(=O)c2cc1Cc1cccc(Cl)c1F. The van der Waals surface area contributed by atoms with E-state index in [1.807, 2.05) is 0 Å². The molecule has 3 rings (SSSR count). The van der Waals surface area contributed by atoms with Crippen molar-refractivity contribution in [2.24, 2.45) is 0 Å². The van der Waals surface area contributed by atoms with E-state index < -0.39 is 22.8 Å². The fourth-order valence-corrected chi connectivity index (χ4v) is 2.72. The molecule has 2 aromatic heterocycles. The van der Waals surface area contributed by atoms with Gasteiger partial charge in [0.2, 0.25) is 11.3 Å². The largest absolute Gasteiger partial charge is 0.481 e. The second-order valence-electron chi connectivity index (χ2n) is 5.28. The van der Waals surface area contributed by atoms with Crippen LogP contribution >= 0.6 is 11.6 Å². The van der Waals surface area contributed by atoms with Crippen LogP contribution in [0.4, 0.5) is 4.39 Å². The van der Waals surface area contributed by atoms with Crippen molar-refractivity contribution in [3.8, 4) is 5.88 Å². The zero-order valence-corrected chi connectivity index (χ0v) is 13.7. The molecule has 2 heterocycles. The Balaban J connectivity index is 2.19. The average Bonchev–Trinajstić information content (AvgIpc) is 2.58. The maximum absolute atomic E-state index is 14.1. The van der Waals surface area contributed by atoms with Crippen molar-refractivity contribution in [3.63, 3.8) is 0 Å². The Morgan fingerprint density at radius 3 is 2.84 bits per heavy atom. The third-order valence-electron chi connectivity index (χ3n) is 3.74. The molecular weight excluding hydrogens is 351 g/mol. The van der Waals surface area contributed by atoms with Crippen LogP contribution in [0.2, 0.25) is 5.02 Å². The lowest BCUT2D eigenvalue weighted by molar-refractivity contribution is 0.0695. The lowest BCUT2D eigenvalue weighted by Gasteiger charge is -2.10. The monoisotopic (exact) mass is 362 g/mol. The van der Waals surface area contributed by atoms with Gasteiger partial charge < -0.3 is 14.8 Å². The van der Waals surface area contributed by atoms with Gasteiger partial charge in [-0.25, -0.2) is 9.18 Å². The summed E-state index contributed by atoms with van der Waals surface area (Å²) < 4.78 is 19.4. The molecule has 0 spiro atoms. The molecule has 0 aliphatic heterocycles. The summed E-state index contributed by atoms with van der Waals surface area (Å²) in [5.41, 5.74) is -0.160. The van der Waals surface area contributed by atoms with Crippen LogP contribution in [-0.2, 0) is 6.42 Å². The van der Waals surface area contributed by atoms with Gasteiger partial charge in [0.05, 0.1) is 17.5 Å². The van der Waals surface area contributed by atoms with Crippen LogP contribution in [0.15, 0.2) is 35.3 Å². The van der Waals surface area contributed by atoms with Gasteiger partial charge in [0, 0.05) is 18.2 Å². The summed E-state index contributed by atoms with van der Waals surface area (Å²) in [6.07, 6.45) is 1.16. The van der Waals surface area contributed by atoms with Crippen LogP contribution in [0, 0.1) is 5.82 Å². The number of carboxylic acid groups (broad SMARTS) is 1. The van der Waals surface area contributed by atoms with Gasteiger partial charge in [-0.1, -0.05) is 23.7 Å². The zero-order chi connectivity index (χ0) is 18.1. The number of H-pyrrole nitrogens is 1. The number of nitrogens with zero attached hydrogens (tertiary/aromatic N) is 1. The number of fused-ring (bicyclic) bond motifs is 1. The van der Waals surface area contributed by atoms with E-state index in [4.69, 9.17) is 21.4 Å². The van der Waals surface area contributed by atoms with E-state index in [9.17, 15) is 14.0 Å².